The summed E-state index contributed by atoms with van der Waals surface area (Å²) >= 11 is 0. The zero-order valence-electron chi connectivity index (χ0n) is 15.3. The number of hydrazone groups is 1. The number of hydrogen-bond donors (Lipinski definition) is 3. The highest BCUT2D eigenvalue weighted by molar-refractivity contribution is 5.79. The summed E-state index contributed by atoms with van der Waals surface area (Å²) in [6, 6.07) is 0. The van der Waals surface area contributed by atoms with Crippen LogP contribution in [0.2, 0.25) is 0 Å². The van der Waals surface area contributed by atoms with Gasteiger partial charge in [-0.25, -0.2) is 0 Å². The van der Waals surface area contributed by atoms with Crippen molar-refractivity contribution in [1.82, 2.24) is 5.32 Å². The molecule has 0 aliphatic carbocycles. The van der Waals surface area contributed by atoms with Crippen LogP contribution in [0.5, 0.6) is 0 Å². The summed E-state index contributed by atoms with van der Waals surface area (Å²) in [5, 5.41) is 6.35. The Hall–Kier alpha value is -0.930. The van der Waals surface area contributed by atoms with Crippen molar-refractivity contribution in [2.75, 3.05) is 40.0 Å². The summed E-state index contributed by atoms with van der Waals surface area (Å²) in [6.45, 7) is 11.2. The van der Waals surface area contributed by atoms with Crippen LogP contribution >= 0.6 is 0 Å². The normalized spacial score (nSPS) is 11.7. The third-order valence-electron chi connectivity index (χ3n) is 2.58. The molecule has 0 amide bonds. The van der Waals surface area contributed by atoms with E-state index in [1.165, 1.54) is 0 Å². The summed E-state index contributed by atoms with van der Waals surface area (Å²) in [7, 11) is 1.88. The van der Waals surface area contributed by atoms with Gasteiger partial charge in [-0.2, -0.15) is 5.10 Å². The Balaban J connectivity index is 0. The van der Waals surface area contributed by atoms with Crippen LogP contribution in [0.1, 0.15) is 40.5 Å². The second kappa shape index (κ2) is 19.1. The summed E-state index contributed by atoms with van der Waals surface area (Å²) in [6.07, 6.45) is 1.00. The van der Waals surface area contributed by atoms with Gasteiger partial charge in [-0.1, -0.05) is 0 Å². The van der Waals surface area contributed by atoms with Crippen molar-refractivity contribution in [2.45, 2.75) is 53.1 Å². The Kier molecular flexibility index (Phi) is 20.2. The van der Waals surface area contributed by atoms with Crippen LogP contribution in [0.15, 0.2) is 5.10 Å². The fourth-order valence-corrected chi connectivity index (χ4v) is 1.62. The van der Waals surface area contributed by atoms with Gasteiger partial charge in [0.2, 0.25) is 0 Å². The highest BCUT2D eigenvalue weighted by Gasteiger charge is 2.08. The average Bonchev–Trinajstić information content (AvgIpc) is 2.54. The number of ether oxygens (including phenoxy) is 4. The van der Waals surface area contributed by atoms with Crippen LogP contribution in [0.3, 0.4) is 0 Å². The largest absolute Gasteiger partial charge is 0.386 e. The van der Waals surface area contributed by atoms with Crippen LogP contribution in [0.4, 0.5) is 0 Å². The zero-order valence-corrected chi connectivity index (χ0v) is 15.3. The van der Waals surface area contributed by atoms with Gasteiger partial charge in [0.05, 0.1) is 0 Å². The fourth-order valence-electron chi connectivity index (χ4n) is 1.62. The first-order valence-corrected chi connectivity index (χ1v) is 8.22. The molecule has 0 heterocycles. The molecule has 0 spiro atoms. The van der Waals surface area contributed by atoms with Crippen LogP contribution in [-0.2, 0) is 18.9 Å². The van der Waals surface area contributed by atoms with Crippen molar-refractivity contribution in [1.29, 1.82) is 0 Å². The van der Waals surface area contributed by atoms with Crippen LogP contribution in [-0.4, -0.2) is 58.4 Å². The molecule has 8 nitrogen and oxygen atoms in total. The smallest absolute Gasteiger partial charge is 0.169 e. The standard InChI is InChI=1S/C8H19N3O2.C7H17NO2/c1-3-12-8(13-4-2)6-5-7(9)11-10;1-4-9-7(6-8-3)10-5-2/h8H,3-6,10H2,1-2H3,(H2,9,11);7-8H,4-6H2,1-3H3. The molecule has 0 aromatic carbocycles. The topological polar surface area (TPSA) is 113 Å². The number of nitrogens with two attached hydrogens (primary N) is 2. The SMILES string of the molecule is CCOC(CCC(N)=NN)OCC.CCOC(CNC)OCC. The average molecular weight is 336 g/mol. The lowest BCUT2D eigenvalue weighted by Gasteiger charge is -2.16. The highest BCUT2D eigenvalue weighted by atomic mass is 16.7. The van der Waals surface area contributed by atoms with Crippen molar-refractivity contribution in [2.24, 2.45) is 16.7 Å². The van der Waals surface area contributed by atoms with Crippen LogP contribution in [0.25, 0.3) is 0 Å². The Morgan fingerprint density at radius 3 is 1.70 bits per heavy atom. The highest BCUT2D eigenvalue weighted by Crippen LogP contribution is 2.04. The molecular weight excluding hydrogens is 300 g/mol. The van der Waals surface area contributed by atoms with Crippen molar-refractivity contribution in [3.05, 3.63) is 0 Å². The van der Waals surface area contributed by atoms with Gasteiger partial charge in [-0.15, -0.1) is 0 Å². The zero-order chi connectivity index (χ0) is 17.9. The minimum absolute atomic E-state index is 0.0833. The molecule has 0 aliphatic heterocycles. The van der Waals surface area contributed by atoms with Crippen molar-refractivity contribution < 1.29 is 18.9 Å². The summed E-state index contributed by atoms with van der Waals surface area (Å²) in [5.41, 5.74) is 5.43. The summed E-state index contributed by atoms with van der Waals surface area (Å²) in [5.74, 6) is 5.41. The maximum absolute atomic E-state index is 5.43. The number of nitrogens with zero attached hydrogens (tertiary/aromatic N) is 1. The van der Waals surface area contributed by atoms with Gasteiger partial charge in [0.1, 0.15) is 5.84 Å². The number of amidine groups is 1. The molecule has 0 aromatic rings. The molecule has 0 saturated heterocycles. The van der Waals surface area contributed by atoms with Gasteiger partial charge in [-0.3, -0.25) is 0 Å². The molecule has 0 bridgehead atoms. The first kappa shape index (κ1) is 24.3. The Bertz CT molecular complexity index is 248. The molecule has 0 radical (unpaired) electrons. The lowest BCUT2D eigenvalue weighted by Crippen LogP contribution is -2.29. The van der Waals surface area contributed by atoms with E-state index in [4.69, 9.17) is 30.5 Å². The molecule has 23 heavy (non-hydrogen) atoms. The number of likely N-dealkylation sites (N-methyl/N-ethyl adjacent to an activating group) is 1. The van der Waals surface area contributed by atoms with E-state index in [9.17, 15) is 0 Å². The predicted molar refractivity (Wildman–Crippen MR) is 93.1 cm³/mol. The number of hydrogen-bond acceptors (Lipinski definition) is 7. The first-order valence-electron chi connectivity index (χ1n) is 8.22. The van der Waals surface area contributed by atoms with E-state index in [0.29, 0.717) is 45.1 Å². The lowest BCUT2D eigenvalue weighted by atomic mass is 10.3. The van der Waals surface area contributed by atoms with Gasteiger partial charge in [0, 0.05) is 45.8 Å². The summed E-state index contributed by atoms with van der Waals surface area (Å²) < 4.78 is 21.1. The second-order valence-electron chi connectivity index (χ2n) is 4.40. The minimum atomic E-state index is -0.199. The van der Waals surface area contributed by atoms with E-state index in [0.717, 1.165) is 6.54 Å². The Labute approximate surface area is 140 Å². The maximum Gasteiger partial charge on any atom is 0.169 e. The van der Waals surface area contributed by atoms with E-state index >= 15 is 0 Å². The van der Waals surface area contributed by atoms with E-state index in [1.807, 2.05) is 34.7 Å². The van der Waals surface area contributed by atoms with Gasteiger partial charge < -0.3 is 35.8 Å². The molecule has 0 atom stereocenters. The van der Waals surface area contributed by atoms with Gasteiger partial charge in [0.25, 0.3) is 0 Å². The molecule has 8 heteroatoms. The molecule has 0 saturated carbocycles. The first-order chi connectivity index (χ1) is 11.1. The molecule has 0 unspecified atom stereocenters. The third kappa shape index (κ3) is 17.3. The van der Waals surface area contributed by atoms with E-state index in [-0.39, 0.29) is 12.6 Å². The second-order valence-corrected chi connectivity index (χ2v) is 4.40. The van der Waals surface area contributed by atoms with E-state index in [1.54, 1.807) is 0 Å². The maximum atomic E-state index is 5.43. The van der Waals surface area contributed by atoms with Gasteiger partial charge in [0.15, 0.2) is 12.6 Å². The van der Waals surface area contributed by atoms with Crippen LogP contribution in [0, 0.1) is 0 Å². The van der Waals surface area contributed by atoms with Crippen molar-refractivity contribution in [3.8, 4) is 0 Å². The molecule has 0 aliphatic rings. The molecule has 0 fully saturated rings. The lowest BCUT2D eigenvalue weighted by molar-refractivity contribution is -0.138. The number of rotatable bonds is 13. The predicted octanol–water partition coefficient (Wildman–Crippen LogP) is 1.00. The van der Waals surface area contributed by atoms with Gasteiger partial charge in [-0.05, 0) is 34.7 Å². The Morgan fingerprint density at radius 2 is 1.35 bits per heavy atom. The Morgan fingerprint density at radius 1 is 0.913 bits per heavy atom. The molecule has 140 valence electrons. The van der Waals surface area contributed by atoms with Crippen molar-refractivity contribution >= 4 is 5.84 Å². The molecule has 5 N–H and O–H groups in total. The van der Waals surface area contributed by atoms with Gasteiger partial charge >= 0.3 is 0 Å². The van der Waals surface area contributed by atoms with E-state index < -0.39 is 0 Å². The summed E-state index contributed by atoms with van der Waals surface area (Å²) in [4.78, 5) is 0. The molecule has 0 aromatic heterocycles. The minimum Gasteiger partial charge on any atom is -0.386 e. The molecule has 0 rings (SSSR count). The quantitative estimate of drug-likeness (QED) is 0.151. The fraction of sp³-hybridized carbons (Fsp3) is 0.933. The number of nitrogens with one attached hydrogen (secondary N) is 1. The van der Waals surface area contributed by atoms with Crippen molar-refractivity contribution in [3.63, 3.8) is 0 Å². The third-order valence-corrected chi connectivity index (χ3v) is 2.58. The monoisotopic (exact) mass is 336 g/mol. The van der Waals surface area contributed by atoms with Crippen LogP contribution < -0.4 is 16.9 Å². The van der Waals surface area contributed by atoms with E-state index in [2.05, 4.69) is 10.4 Å². The molecular formula is C15H36N4O4.